The summed E-state index contributed by atoms with van der Waals surface area (Å²) in [5.41, 5.74) is 3.14. The minimum absolute atomic E-state index is 0.157. The number of carbonyl (C=O) groups is 1. The van der Waals surface area contributed by atoms with Crippen molar-refractivity contribution in [1.29, 1.82) is 5.26 Å². The number of Topliss-reactive ketones (excluding diaryl/α,β-unsaturated/α-hetero) is 1. The fraction of sp³-hybridized carbons (Fsp3) is 0.182. The molecule has 0 spiro atoms. The standard InChI is InChI=1S/C11H11N3O2/c1-8(15)11(7-12)14-13-9-3-5-10(16-2)6-4-9/h3-6,13H,1-2H3/b14-11-. The van der Waals surface area contributed by atoms with Crippen LogP contribution in [0.2, 0.25) is 0 Å². The number of nitrogens with one attached hydrogen (secondary N) is 1. The molecule has 0 bridgehead atoms. The van der Waals surface area contributed by atoms with Gasteiger partial charge in [0.25, 0.3) is 0 Å². The number of nitrogens with zero attached hydrogens (tertiary/aromatic N) is 2. The summed E-state index contributed by atoms with van der Waals surface area (Å²) in [7, 11) is 1.57. The first-order valence-corrected chi connectivity index (χ1v) is 4.56. The molecule has 82 valence electrons. The van der Waals surface area contributed by atoms with Gasteiger partial charge in [0.2, 0.25) is 5.71 Å². The molecule has 0 fully saturated rings. The summed E-state index contributed by atoms with van der Waals surface area (Å²) >= 11 is 0. The van der Waals surface area contributed by atoms with Crippen molar-refractivity contribution < 1.29 is 9.53 Å². The van der Waals surface area contributed by atoms with Gasteiger partial charge in [-0.05, 0) is 24.3 Å². The fourth-order valence-corrected chi connectivity index (χ4v) is 0.968. The quantitative estimate of drug-likeness (QED) is 0.613. The third kappa shape index (κ3) is 3.10. The van der Waals surface area contributed by atoms with Crippen molar-refractivity contribution in [3.8, 4) is 11.8 Å². The van der Waals surface area contributed by atoms with Gasteiger partial charge in [-0.15, -0.1) is 0 Å². The van der Waals surface area contributed by atoms with Crippen molar-refractivity contribution >= 4 is 17.2 Å². The third-order valence-corrected chi connectivity index (χ3v) is 1.83. The van der Waals surface area contributed by atoms with Gasteiger partial charge >= 0.3 is 0 Å². The zero-order valence-electron chi connectivity index (χ0n) is 9.02. The molecular formula is C11H11N3O2. The summed E-state index contributed by atoms with van der Waals surface area (Å²) in [5.74, 6) is 0.352. The Kier molecular flexibility index (Phi) is 4.04. The molecule has 0 saturated carbocycles. The Bertz CT molecular complexity index is 443. The van der Waals surface area contributed by atoms with Gasteiger partial charge in [0.1, 0.15) is 11.8 Å². The lowest BCUT2D eigenvalue weighted by Gasteiger charge is -2.02. The van der Waals surface area contributed by atoms with Gasteiger partial charge in [0.15, 0.2) is 5.78 Å². The predicted octanol–water partition coefficient (Wildman–Crippen LogP) is 1.58. The monoisotopic (exact) mass is 217 g/mol. The Hall–Kier alpha value is -2.35. The van der Waals surface area contributed by atoms with Crippen LogP contribution in [0.3, 0.4) is 0 Å². The minimum Gasteiger partial charge on any atom is -0.497 e. The number of nitriles is 1. The van der Waals surface area contributed by atoms with Crippen molar-refractivity contribution in [2.75, 3.05) is 12.5 Å². The highest BCUT2D eigenvalue weighted by molar-refractivity contribution is 6.45. The maximum Gasteiger partial charge on any atom is 0.203 e. The van der Waals surface area contributed by atoms with Gasteiger partial charge in [0, 0.05) is 6.92 Å². The second-order valence-corrected chi connectivity index (χ2v) is 2.97. The van der Waals surface area contributed by atoms with Crippen LogP contribution in [0.15, 0.2) is 29.4 Å². The number of hydrogen-bond donors (Lipinski definition) is 1. The van der Waals surface area contributed by atoms with Crippen LogP contribution in [0.4, 0.5) is 5.69 Å². The van der Waals surface area contributed by atoms with Crippen LogP contribution in [0, 0.1) is 11.3 Å². The number of anilines is 1. The van der Waals surface area contributed by atoms with E-state index < -0.39 is 0 Å². The molecule has 0 aliphatic rings. The topological polar surface area (TPSA) is 74.5 Å². The van der Waals surface area contributed by atoms with E-state index in [1.54, 1.807) is 37.4 Å². The van der Waals surface area contributed by atoms with Crippen LogP contribution in [0.1, 0.15) is 6.92 Å². The average Bonchev–Trinajstić information content (AvgIpc) is 2.30. The zero-order valence-corrected chi connectivity index (χ0v) is 9.02. The lowest BCUT2D eigenvalue weighted by molar-refractivity contribution is -0.110. The van der Waals surface area contributed by atoms with Gasteiger partial charge in [0.05, 0.1) is 12.8 Å². The normalized spacial score (nSPS) is 10.4. The molecule has 0 heterocycles. The van der Waals surface area contributed by atoms with E-state index in [-0.39, 0.29) is 11.5 Å². The van der Waals surface area contributed by atoms with Crippen LogP contribution < -0.4 is 10.2 Å². The molecule has 1 rings (SSSR count). The molecule has 5 nitrogen and oxygen atoms in total. The van der Waals surface area contributed by atoms with Gasteiger partial charge in [-0.2, -0.15) is 10.4 Å². The van der Waals surface area contributed by atoms with Crippen LogP contribution in [0.5, 0.6) is 5.75 Å². The van der Waals surface area contributed by atoms with E-state index in [1.165, 1.54) is 6.92 Å². The molecule has 0 aromatic heterocycles. The number of benzene rings is 1. The van der Waals surface area contributed by atoms with E-state index in [2.05, 4.69) is 10.5 Å². The average molecular weight is 217 g/mol. The Labute approximate surface area is 93.3 Å². The first-order valence-electron chi connectivity index (χ1n) is 4.56. The molecule has 0 amide bonds. The van der Waals surface area contributed by atoms with Gasteiger partial charge < -0.3 is 4.74 Å². The first kappa shape index (κ1) is 11.7. The maximum absolute atomic E-state index is 10.9. The molecule has 0 radical (unpaired) electrons. The number of carbonyl (C=O) groups excluding carboxylic acids is 1. The molecule has 0 unspecified atom stereocenters. The lowest BCUT2D eigenvalue weighted by Crippen LogP contribution is -2.09. The van der Waals surface area contributed by atoms with Gasteiger partial charge in [-0.1, -0.05) is 0 Å². The van der Waals surface area contributed by atoms with Gasteiger partial charge in [-0.3, -0.25) is 10.2 Å². The Morgan fingerprint density at radius 3 is 2.50 bits per heavy atom. The van der Waals surface area contributed by atoms with E-state index in [9.17, 15) is 4.79 Å². The van der Waals surface area contributed by atoms with Gasteiger partial charge in [-0.25, -0.2) is 0 Å². The Morgan fingerprint density at radius 1 is 1.44 bits per heavy atom. The number of ketones is 1. The number of ether oxygens (including phenoxy) is 1. The van der Waals surface area contributed by atoms with Crippen molar-refractivity contribution in [3.05, 3.63) is 24.3 Å². The number of hydrogen-bond acceptors (Lipinski definition) is 5. The number of rotatable bonds is 4. The van der Waals surface area contributed by atoms with E-state index in [0.717, 1.165) is 5.75 Å². The second-order valence-electron chi connectivity index (χ2n) is 2.97. The summed E-state index contributed by atoms with van der Waals surface area (Å²) in [6.07, 6.45) is 0. The Morgan fingerprint density at radius 2 is 2.06 bits per heavy atom. The van der Waals surface area contributed by atoms with Crippen molar-refractivity contribution in [2.45, 2.75) is 6.92 Å². The summed E-state index contributed by atoms with van der Waals surface area (Å²) < 4.78 is 4.98. The molecule has 0 aliphatic heterocycles. The lowest BCUT2D eigenvalue weighted by atomic mass is 10.3. The van der Waals surface area contributed by atoms with E-state index in [4.69, 9.17) is 10.00 Å². The fourth-order valence-electron chi connectivity index (χ4n) is 0.968. The highest BCUT2D eigenvalue weighted by Crippen LogP contribution is 2.14. The smallest absolute Gasteiger partial charge is 0.203 e. The third-order valence-electron chi connectivity index (χ3n) is 1.83. The highest BCUT2D eigenvalue weighted by atomic mass is 16.5. The summed E-state index contributed by atoms with van der Waals surface area (Å²) in [5, 5.41) is 12.3. The van der Waals surface area contributed by atoms with Crippen molar-refractivity contribution in [1.82, 2.24) is 0 Å². The Balaban J connectivity index is 2.74. The summed E-state index contributed by atoms with van der Waals surface area (Å²) in [6, 6.07) is 8.67. The second kappa shape index (κ2) is 5.51. The summed E-state index contributed by atoms with van der Waals surface area (Å²) in [4.78, 5) is 10.9. The van der Waals surface area contributed by atoms with Crippen molar-refractivity contribution in [2.24, 2.45) is 5.10 Å². The largest absolute Gasteiger partial charge is 0.497 e. The van der Waals surface area contributed by atoms with Crippen LogP contribution in [0.25, 0.3) is 0 Å². The summed E-state index contributed by atoms with van der Waals surface area (Å²) in [6.45, 7) is 1.29. The highest BCUT2D eigenvalue weighted by Gasteiger charge is 2.03. The van der Waals surface area contributed by atoms with Crippen LogP contribution >= 0.6 is 0 Å². The molecule has 0 aliphatic carbocycles. The van der Waals surface area contributed by atoms with E-state index in [1.807, 2.05) is 0 Å². The molecule has 1 aromatic carbocycles. The zero-order chi connectivity index (χ0) is 12.0. The first-order chi connectivity index (χ1) is 7.67. The molecule has 1 aromatic rings. The molecule has 0 atom stereocenters. The van der Waals surface area contributed by atoms with E-state index >= 15 is 0 Å². The SMILES string of the molecule is COc1ccc(N/N=C(/C#N)C(C)=O)cc1. The predicted molar refractivity (Wildman–Crippen MR) is 60.3 cm³/mol. The maximum atomic E-state index is 10.9. The van der Waals surface area contributed by atoms with Crippen molar-refractivity contribution in [3.63, 3.8) is 0 Å². The van der Waals surface area contributed by atoms with Crippen LogP contribution in [-0.4, -0.2) is 18.6 Å². The molecule has 16 heavy (non-hydrogen) atoms. The van der Waals surface area contributed by atoms with Crippen LogP contribution in [-0.2, 0) is 4.79 Å². The molecule has 1 N–H and O–H groups in total. The number of hydrazone groups is 1. The minimum atomic E-state index is -0.372. The molecule has 0 saturated heterocycles. The number of methoxy groups -OCH3 is 1. The molecule has 5 heteroatoms. The van der Waals surface area contributed by atoms with E-state index in [0.29, 0.717) is 5.69 Å². The molecular weight excluding hydrogens is 206 g/mol.